The van der Waals surface area contributed by atoms with Crippen LogP contribution in [0.25, 0.3) is 11.1 Å². The van der Waals surface area contributed by atoms with E-state index in [-0.39, 0.29) is 10.6 Å². The highest BCUT2D eigenvalue weighted by atomic mass is 32.1. The Kier molecular flexibility index (Phi) is 3.11. The Morgan fingerprint density at radius 3 is 2.29 bits per heavy atom. The summed E-state index contributed by atoms with van der Waals surface area (Å²) in [6.07, 6.45) is -4.35. The van der Waals surface area contributed by atoms with E-state index in [2.05, 4.69) is 0 Å². The summed E-state index contributed by atoms with van der Waals surface area (Å²) in [5.74, 6) is 0. The second-order valence-corrected chi connectivity index (χ2v) is 4.39. The average Bonchev–Trinajstić information content (AvgIpc) is 2.74. The number of halogens is 3. The van der Waals surface area contributed by atoms with Crippen molar-refractivity contribution in [2.24, 2.45) is 0 Å². The van der Waals surface area contributed by atoms with Crippen molar-refractivity contribution in [3.63, 3.8) is 0 Å². The number of benzene rings is 1. The molecule has 0 unspecified atom stereocenters. The zero-order valence-corrected chi connectivity index (χ0v) is 9.73. The fourth-order valence-electron chi connectivity index (χ4n) is 1.51. The van der Waals surface area contributed by atoms with Crippen molar-refractivity contribution < 1.29 is 17.9 Å². The predicted octanol–water partition coefficient (Wildman–Crippen LogP) is 4.44. The lowest BCUT2D eigenvalue weighted by Gasteiger charge is -2.06. The second kappa shape index (κ2) is 4.41. The third-order valence-corrected chi connectivity index (χ3v) is 3.39. The largest absolute Gasteiger partial charge is 0.487 e. The lowest BCUT2D eigenvalue weighted by atomic mass is 10.1. The van der Waals surface area contributed by atoms with Gasteiger partial charge in [-0.05, 0) is 5.56 Å². The molecule has 0 aliphatic carbocycles. The van der Waals surface area contributed by atoms with Crippen LogP contribution in [0, 0.1) is 0 Å². The molecule has 2 rings (SSSR count). The molecule has 2 aromatic rings. The third-order valence-electron chi connectivity index (χ3n) is 2.25. The minimum atomic E-state index is -4.35. The molecule has 0 fully saturated rings. The number of ether oxygens (including phenoxy) is 1. The first-order valence-electron chi connectivity index (χ1n) is 4.83. The fraction of sp³-hybridized carbons (Fsp3) is 0.167. The van der Waals surface area contributed by atoms with Crippen molar-refractivity contribution in [2.45, 2.75) is 6.18 Å². The first-order valence-corrected chi connectivity index (χ1v) is 5.64. The Morgan fingerprint density at radius 1 is 1.12 bits per heavy atom. The highest BCUT2D eigenvalue weighted by molar-refractivity contribution is 7.14. The summed E-state index contributed by atoms with van der Waals surface area (Å²) < 4.78 is 43.4. The number of hydrogen-bond acceptors (Lipinski definition) is 2. The summed E-state index contributed by atoms with van der Waals surface area (Å²) in [5, 5.41) is 0.260. The molecule has 0 saturated heterocycles. The van der Waals surface area contributed by atoms with Gasteiger partial charge in [0.15, 0.2) is 5.06 Å². The molecule has 0 spiro atoms. The smallest absolute Gasteiger partial charge is 0.426 e. The second-order valence-electron chi connectivity index (χ2n) is 3.38. The summed E-state index contributed by atoms with van der Waals surface area (Å²) in [7, 11) is 1.36. The van der Waals surface area contributed by atoms with E-state index in [1.165, 1.54) is 13.2 Å². The molecule has 17 heavy (non-hydrogen) atoms. The van der Waals surface area contributed by atoms with Crippen LogP contribution < -0.4 is 4.74 Å². The molecule has 1 aromatic carbocycles. The maximum atomic E-state index is 12.8. The lowest BCUT2D eigenvalue weighted by Crippen LogP contribution is -2.03. The topological polar surface area (TPSA) is 9.23 Å². The first kappa shape index (κ1) is 12.0. The Bertz CT molecular complexity index is 502. The van der Waals surface area contributed by atoms with E-state index in [4.69, 9.17) is 4.74 Å². The van der Waals surface area contributed by atoms with Gasteiger partial charge >= 0.3 is 6.18 Å². The van der Waals surface area contributed by atoms with E-state index in [1.54, 1.807) is 30.3 Å². The lowest BCUT2D eigenvalue weighted by molar-refractivity contribution is -0.133. The Labute approximate surface area is 100 Å². The maximum absolute atomic E-state index is 12.8. The van der Waals surface area contributed by atoms with Gasteiger partial charge in [-0.25, -0.2) is 0 Å². The normalized spacial score (nSPS) is 11.5. The summed E-state index contributed by atoms with van der Waals surface area (Å²) in [6.45, 7) is 0. The molecule has 0 atom stereocenters. The fourth-order valence-corrected chi connectivity index (χ4v) is 2.38. The molecule has 5 heteroatoms. The predicted molar refractivity (Wildman–Crippen MR) is 61.3 cm³/mol. The SMILES string of the molecule is COc1cc(-c2ccccc2)c(C(F)(F)F)s1. The van der Waals surface area contributed by atoms with Gasteiger partial charge in [-0.2, -0.15) is 13.2 Å². The monoisotopic (exact) mass is 258 g/mol. The van der Waals surface area contributed by atoms with Crippen molar-refractivity contribution in [3.8, 4) is 16.2 Å². The van der Waals surface area contributed by atoms with Gasteiger partial charge in [0.25, 0.3) is 0 Å². The summed E-state index contributed by atoms with van der Waals surface area (Å²) in [6, 6.07) is 9.90. The number of hydrogen-bond donors (Lipinski definition) is 0. The van der Waals surface area contributed by atoms with Crippen molar-refractivity contribution in [3.05, 3.63) is 41.3 Å². The van der Waals surface area contributed by atoms with Gasteiger partial charge < -0.3 is 4.74 Å². The van der Waals surface area contributed by atoms with E-state index < -0.39 is 11.1 Å². The van der Waals surface area contributed by atoms with E-state index in [9.17, 15) is 13.2 Å². The Morgan fingerprint density at radius 2 is 1.76 bits per heavy atom. The zero-order valence-electron chi connectivity index (χ0n) is 8.91. The Balaban J connectivity index is 2.57. The van der Waals surface area contributed by atoms with E-state index in [0.717, 1.165) is 0 Å². The molecule has 90 valence electrons. The summed E-state index contributed by atoms with van der Waals surface area (Å²) >= 11 is 0.614. The van der Waals surface area contributed by atoms with Crippen LogP contribution in [0.15, 0.2) is 36.4 Å². The number of alkyl halides is 3. The molecular formula is C12H9F3OS. The molecule has 1 heterocycles. The van der Waals surface area contributed by atoms with E-state index in [0.29, 0.717) is 16.9 Å². The summed E-state index contributed by atoms with van der Waals surface area (Å²) in [4.78, 5) is -0.624. The van der Waals surface area contributed by atoms with Gasteiger partial charge in [-0.15, -0.1) is 0 Å². The van der Waals surface area contributed by atoms with Crippen LogP contribution in [0.5, 0.6) is 5.06 Å². The molecule has 0 saturated carbocycles. The van der Waals surface area contributed by atoms with Crippen molar-refractivity contribution in [1.82, 2.24) is 0 Å². The van der Waals surface area contributed by atoms with Crippen LogP contribution >= 0.6 is 11.3 Å². The first-order chi connectivity index (χ1) is 8.02. The van der Waals surface area contributed by atoms with Crippen molar-refractivity contribution in [1.29, 1.82) is 0 Å². The van der Waals surface area contributed by atoms with Crippen LogP contribution in [0.1, 0.15) is 4.88 Å². The summed E-state index contributed by atoms with van der Waals surface area (Å²) in [5.41, 5.74) is 0.708. The molecule has 0 bridgehead atoms. The molecule has 0 N–H and O–H groups in total. The number of methoxy groups -OCH3 is 1. The van der Waals surface area contributed by atoms with Gasteiger partial charge in [-0.3, -0.25) is 0 Å². The van der Waals surface area contributed by atoms with Gasteiger partial charge in [0.2, 0.25) is 0 Å². The number of rotatable bonds is 2. The third kappa shape index (κ3) is 2.44. The molecule has 0 aliphatic rings. The molecule has 0 aliphatic heterocycles. The Hall–Kier alpha value is -1.49. The minimum Gasteiger partial charge on any atom is -0.487 e. The average molecular weight is 258 g/mol. The standard InChI is InChI=1S/C12H9F3OS/c1-16-10-7-9(8-5-3-2-4-6-8)11(17-10)12(13,14)15/h2-7H,1H3. The maximum Gasteiger partial charge on any atom is 0.426 e. The van der Waals surface area contributed by atoms with Gasteiger partial charge in [0.05, 0.1) is 7.11 Å². The van der Waals surface area contributed by atoms with Gasteiger partial charge in [0.1, 0.15) is 4.88 Å². The molecule has 0 radical (unpaired) electrons. The van der Waals surface area contributed by atoms with Crippen LogP contribution in [0.3, 0.4) is 0 Å². The van der Waals surface area contributed by atoms with Crippen LogP contribution in [-0.2, 0) is 6.18 Å². The van der Waals surface area contributed by atoms with Crippen molar-refractivity contribution in [2.75, 3.05) is 7.11 Å². The quantitative estimate of drug-likeness (QED) is 0.773. The zero-order chi connectivity index (χ0) is 12.5. The van der Waals surface area contributed by atoms with Crippen LogP contribution in [-0.4, -0.2) is 7.11 Å². The highest BCUT2D eigenvalue weighted by Gasteiger charge is 2.36. The van der Waals surface area contributed by atoms with E-state index in [1.807, 2.05) is 0 Å². The van der Waals surface area contributed by atoms with Crippen LogP contribution in [0.2, 0.25) is 0 Å². The molecule has 0 amide bonds. The van der Waals surface area contributed by atoms with Crippen molar-refractivity contribution >= 4 is 11.3 Å². The van der Waals surface area contributed by atoms with Gasteiger partial charge in [-0.1, -0.05) is 41.7 Å². The highest BCUT2D eigenvalue weighted by Crippen LogP contribution is 2.45. The van der Waals surface area contributed by atoms with Gasteiger partial charge in [0, 0.05) is 11.6 Å². The molecule has 1 aromatic heterocycles. The minimum absolute atomic E-state index is 0.167. The van der Waals surface area contributed by atoms with Crippen LogP contribution in [0.4, 0.5) is 13.2 Å². The van der Waals surface area contributed by atoms with E-state index >= 15 is 0 Å². The molecule has 1 nitrogen and oxygen atoms in total. The molecular weight excluding hydrogens is 249 g/mol. The number of thiophene rings is 1.